The molecule has 0 heteroatoms. The molecule has 0 radical (unpaired) electrons. The lowest BCUT2D eigenvalue weighted by Gasteiger charge is -2.35. The molecular weight excluding hydrogens is 180 g/mol. The monoisotopic (exact) mass is 208 g/mol. The van der Waals surface area contributed by atoms with Gasteiger partial charge < -0.3 is 0 Å². The van der Waals surface area contributed by atoms with Gasteiger partial charge in [-0.2, -0.15) is 0 Å². The van der Waals surface area contributed by atoms with Crippen molar-refractivity contribution in [1.29, 1.82) is 0 Å². The Labute approximate surface area is 95.8 Å². The van der Waals surface area contributed by atoms with Crippen LogP contribution in [0.1, 0.15) is 83.5 Å². The average Bonchev–Trinajstić information content (AvgIpc) is 2.20. The predicted molar refractivity (Wildman–Crippen MR) is 67.0 cm³/mol. The van der Waals surface area contributed by atoms with Gasteiger partial charge in [-0.15, -0.1) is 0 Å². The summed E-state index contributed by atoms with van der Waals surface area (Å²) in [6.45, 7) is 0. The lowest BCUT2D eigenvalue weighted by atomic mass is 9.70. The van der Waals surface area contributed by atoms with Crippen LogP contribution in [0.3, 0.4) is 0 Å². The van der Waals surface area contributed by atoms with Crippen LogP contribution in [0.15, 0.2) is 0 Å². The lowest BCUT2D eigenvalue weighted by Crippen LogP contribution is -2.23. The van der Waals surface area contributed by atoms with E-state index in [-0.39, 0.29) is 0 Å². The summed E-state index contributed by atoms with van der Waals surface area (Å²) in [5.74, 6) is 2.27. The van der Waals surface area contributed by atoms with Crippen molar-refractivity contribution in [2.45, 2.75) is 83.5 Å². The number of hydrogen-bond donors (Lipinski definition) is 0. The standard InChI is InChI=1S/C15H28/c1-2-4-6-8-10-14-12-15(13-14)11-9-7-5-3-1/h14-15H,1-13H2. The third kappa shape index (κ3) is 4.17. The molecule has 3 saturated carbocycles. The van der Waals surface area contributed by atoms with E-state index in [1.165, 1.54) is 57.8 Å². The van der Waals surface area contributed by atoms with Crippen molar-refractivity contribution in [1.82, 2.24) is 0 Å². The Morgan fingerprint density at radius 3 is 1.13 bits per heavy atom. The quantitative estimate of drug-likeness (QED) is 0.505. The summed E-state index contributed by atoms with van der Waals surface area (Å²) in [4.78, 5) is 0. The minimum absolute atomic E-state index is 1.14. The Balaban J connectivity index is 1.63. The summed E-state index contributed by atoms with van der Waals surface area (Å²) < 4.78 is 0. The highest BCUT2D eigenvalue weighted by molar-refractivity contribution is 4.79. The molecule has 0 atom stereocenters. The molecule has 0 aromatic rings. The Bertz CT molecular complexity index is 134. The molecule has 88 valence electrons. The second-order valence-corrected chi connectivity index (χ2v) is 5.96. The zero-order valence-electron chi connectivity index (χ0n) is 10.3. The highest BCUT2D eigenvalue weighted by Gasteiger charge is 2.27. The van der Waals surface area contributed by atoms with Gasteiger partial charge >= 0.3 is 0 Å². The molecule has 0 nitrogen and oxygen atoms in total. The van der Waals surface area contributed by atoms with Gasteiger partial charge in [0.2, 0.25) is 0 Å². The molecule has 0 spiro atoms. The van der Waals surface area contributed by atoms with E-state index < -0.39 is 0 Å². The Morgan fingerprint density at radius 1 is 0.400 bits per heavy atom. The fraction of sp³-hybridized carbons (Fsp3) is 1.00. The van der Waals surface area contributed by atoms with Crippen LogP contribution in [-0.2, 0) is 0 Å². The highest BCUT2D eigenvalue weighted by Crippen LogP contribution is 2.40. The molecule has 15 heavy (non-hydrogen) atoms. The Morgan fingerprint density at radius 2 is 0.733 bits per heavy atom. The van der Waals surface area contributed by atoms with Gasteiger partial charge in [-0.3, -0.25) is 0 Å². The second-order valence-electron chi connectivity index (χ2n) is 5.96. The zero-order valence-corrected chi connectivity index (χ0v) is 10.3. The average molecular weight is 208 g/mol. The first-order chi connectivity index (χ1) is 7.45. The molecule has 3 aliphatic rings. The van der Waals surface area contributed by atoms with E-state index in [1.54, 1.807) is 25.7 Å². The zero-order chi connectivity index (χ0) is 10.3. The van der Waals surface area contributed by atoms with Gasteiger partial charge in [0, 0.05) is 0 Å². The van der Waals surface area contributed by atoms with Crippen molar-refractivity contribution in [2.75, 3.05) is 0 Å². The van der Waals surface area contributed by atoms with Gasteiger partial charge in [0.05, 0.1) is 0 Å². The molecule has 0 heterocycles. The van der Waals surface area contributed by atoms with Crippen LogP contribution >= 0.6 is 0 Å². The molecule has 0 saturated heterocycles. The largest absolute Gasteiger partial charge is 0.0533 e. The van der Waals surface area contributed by atoms with Crippen molar-refractivity contribution < 1.29 is 0 Å². The lowest BCUT2D eigenvalue weighted by molar-refractivity contribution is 0.163. The normalized spacial score (nSPS) is 35.2. The summed E-state index contributed by atoms with van der Waals surface area (Å²) in [5, 5.41) is 0. The van der Waals surface area contributed by atoms with Crippen LogP contribution < -0.4 is 0 Å². The molecular formula is C15H28. The van der Waals surface area contributed by atoms with Crippen molar-refractivity contribution in [3.8, 4) is 0 Å². The Hall–Kier alpha value is 0. The first kappa shape index (κ1) is 11.5. The van der Waals surface area contributed by atoms with Gasteiger partial charge in [0.25, 0.3) is 0 Å². The van der Waals surface area contributed by atoms with Crippen LogP contribution in [0.2, 0.25) is 0 Å². The minimum Gasteiger partial charge on any atom is -0.0533 e. The van der Waals surface area contributed by atoms with E-state index in [2.05, 4.69) is 0 Å². The molecule has 0 N–H and O–H groups in total. The topological polar surface area (TPSA) is 0 Å². The third-order valence-electron chi connectivity index (χ3n) is 4.56. The first-order valence-corrected chi connectivity index (χ1v) is 7.45. The van der Waals surface area contributed by atoms with Crippen LogP contribution in [0.5, 0.6) is 0 Å². The molecule has 0 unspecified atom stereocenters. The molecule has 0 aromatic heterocycles. The first-order valence-electron chi connectivity index (χ1n) is 7.45. The van der Waals surface area contributed by atoms with E-state index >= 15 is 0 Å². The molecule has 0 aromatic carbocycles. The van der Waals surface area contributed by atoms with E-state index in [4.69, 9.17) is 0 Å². The van der Waals surface area contributed by atoms with Crippen molar-refractivity contribution in [2.24, 2.45) is 11.8 Å². The van der Waals surface area contributed by atoms with E-state index in [9.17, 15) is 0 Å². The fourth-order valence-corrected chi connectivity index (χ4v) is 3.45. The summed E-state index contributed by atoms with van der Waals surface area (Å²) in [5.41, 5.74) is 0. The summed E-state index contributed by atoms with van der Waals surface area (Å²) in [6.07, 6.45) is 19.9. The summed E-state index contributed by atoms with van der Waals surface area (Å²) in [6, 6.07) is 0. The molecule has 2 bridgehead atoms. The maximum atomic E-state index is 1.58. The molecule has 3 fully saturated rings. The maximum Gasteiger partial charge on any atom is -0.0409 e. The van der Waals surface area contributed by atoms with Crippen molar-refractivity contribution in [3.63, 3.8) is 0 Å². The molecule has 0 amide bonds. The van der Waals surface area contributed by atoms with E-state index in [1.807, 2.05) is 0 Å². The molecule has 3 rings (SSSR count). The van der Waals surface area contributed by atoms with Crippen LogP contribution in [-0.4, -0.2) is 0 Å². The van der Waals surface area contributed by atoms with Gasteiger partial charge in [0.15, 0.2) is 0 Å². The number of fused-ring (bicyclic) bond motifs is 10. The predicted octanol–water partition coefficient (Wildman–Crippen LogP) is 5.32. The van der Waals surface area contributed by atoms with Crippen molar-refractivity contribution in [3.05, 3.63) is 0 Å². The smallest absolute Gasteiger partial charge is 0.0409 e. The number of rotatable bonds is 0. The highest BCUT2D eigenvalue weighted by atomic mass is 14.3. The van der Waals surface area contributed by atoms with Gasteiger partial charge in [-0.25, -0.2) is 0 Å². The van der Waals surface area contributed by atoms with Gasteiger partial charge in [0.1, 0.15) is 0 Å². The molecule has 3 aliphatic carbocycles. The third-order valence-corrected chi connectivity index (χ3v) is 4.56. The van der Waals surface area contributed by atoms with Crippen LogP contribution in [0.25, 0.3) is 0 Å². The van der Waals surface area contributed by atoms with Crippen LogP contribution in [0, 0.1) is 11.8 Å². The van der Waals surface area contributed by atoms with E-state index in [0.29, 0.717) is 0 Å². The Kier molecular flexibility index (Phi) is 5.02. The fourth-order valence-electron chi connectivity index (χ4n) is 3.45. The number of hydrogen-bond acceptors (Lipinski definition) is 0. The SMILES string of the molecule is C1CCCCCC2CC(CCCCC1)C2. The van der Waals surface area contributed by atoms with E-state index in [0.717, 1.165) is 11.8 Å². The van der Waals surface area contributed by atoms with Crippen molar-refractivity contribution >= 4 is 0 Å². The summed E-state index contributed by atoms with van der Waals surface area (Å²) >= 11 is 0. The van der Waals surface area contributed by atoms with Gasteiger partial charge in [-0.1, -0.05) is 70.6 Å². The summed E-state index contributed by atoms with van der Waals surface area (Å²) in [7, 11) is 0. The maximum absolute atomic E-state index is 1.58. The van der Waals surface area contributed by atoms with Gasteiger partial charge in [-0.05, 0) is 24.7 Å². The molecule has 0 aliphatic heterocycles. The minimum atomic E-state index is 1.14. The second kappa shape index (κ2) is 6.55. The van der Waals surface area contributed by atoms with Crippen LogP contribution in [0.4, 0.5) is 0 Å².